The lowest BCUT2D eigenvalue weighted by Crippen LogP contribution is -2.30. The number of hydrogen-bond donors (Lipinski definition) is 0. The van der Waals surface area contributed by atoms with Gasteiger partial charge in [0.2, 0.25) is 0 Å². The van der Waals surface area contributed by atoms with Gasteiger partial charge in [-0.3, -0.25) is 5.01 Å². The van der Waals surface area contributed by atoms with Crippen LogP contribution in [0.15, 0.2) is 60.9 Å². The van der Waals surface area contributed by atoms with E-state index >= 15 is 0 Å². The van der Waals surface area contributed by atoms with Crippen molar-refractivity contribution in [3.8, 4) is 11.3 Å². The third kappa shape index (κ3) is 3.07. The molecular weight excluding hydrogens is 308 g/mol. The molecular formula is C21H22N4. The summed E-state index contributed by atoms with van der Waals surface area (Å²) in [5.74, 6) is 0. The molecule has 0 unspecified atom stereocenters. The van der Waals surface area contributed by atoms with Crippen molar-refractivity contribution in [3.05, 3.63) is 77.6 Å². The van der Waals surface area contributed by atoms with E-state index in [1.807, 2.05) is 17.2 Å². The smallest absolute Gasteiger partial charge is 0.115 e. The van der Waals surface area contributed by atoms with Gasteiger partial charge in [-0.25, -0.2) is 0 Å². The van der Waals surface area contributed by atoms with Gasteiger partial charge in [-0.1, -0.05) is 63.2 Å². The first-order valence-corrected chi connectivity index (χ1v) is 8.57. The molecule has 4 heteroatoms. The van der Waals surface area contributed by atoms with E-state index in [4.69, 9.17) is 0 Å². The molecule has 0 bridgehead atoms. The summed E-state index contributed by atoms with van der Waals surface area (Å²) in [7, 11) is 0. The first-order valence-electron chi connectivity index (χ1n) is 8.57. The Morgan fingerprint density at radius 3 is 2.68 bits per heavy atom. The van der Waals surface area contributed by atoms with Crippen LogP contribution in [0.3, 0.4) is 0 Å². The molecule has 0 radical (unpaired) electrons. The summed E-state index contributed by atoms with van der Waals surface area (Å²) in [4.78, 5) is 1.81. The summed E-state index contributed by atoms with van der Waals surface area (Å²) in [6, 6.07) is 17.0. The second-order valence-corrected chi connectivity index (χ2v) is 7.47. The highest BCUT2D eigenvalue weighted by Crippen LogP contribution is 2.27. The second kappa shape index (κ2) is 5.88. The molecule has 0 saturated heterocycles. The number of fused-ring (bicyclic) bond motifs is 1. The number of rotatable bonds is 2. The van der Waals surface area contributed by atoms with Gasteiger partial charge in [0.25, 0.3) is 0 Å². The Morgan fingerprint density at radius 2 is 1.84 bits per heavy atom. The van der Waals surface area contributed by atoms with Gasteiger partial charge >= 0.3 is 0 Å². The number of benzene rings is 2. The van der Waals surface area contributed by atoms with Crippen molar-refractivity contribution in [1.29, 1.82) is 0 Å². The molecule has 1 aliphatic heterocycles. The molecule has 4 rings (SSSR count). The SMILES string of the molecule is CC(C)(C)c1cccc(-c2cn(N3C=Cc4ccccc4C3)nn2)c1. The Bertz CT molecular complexity index is 931. The van der Waals surface area contributed by atoms with Gasteiger partial charge in [-0.05, 0) is 39.5 Å². The summed E-state index contributed by atoms with van der Waals surface area (Å²) in [5.41, 5.74) is 5.95. The minimum atomic E-state index is 0.116. The Labute approximate surface area is 148 Å². The third-order valence-corrected chi connectivity index (χ3v) is 4.58. The molecule has 0 amide bonds. The molecule has 0 spiro atoms. The molecule has 3 aromatic rings. The van der Waals surface area contributed by atoms with Crippen molar-refractivity contribution in [2.24, 2.45) is 0 Å². The van der Waals surface area contributed by atoms with Crippen LogP contribution in [0.2, 0.25) is 0 Å². The highest BCUT2D eigenvalue weighted by atomic mass is 15.7. The van der Waals surface area contributed by atoms with Crippen molar-refractivity contribution in [3.63, 3.8) is 0 Å². The lowest BCUT2D eigenvalue weighted by molar-refractivity contribution is 0.579. The molecule has 1 aromatic heterocycles. The molecule has 2 heterocycles. The van der Waals surface area contributed by atoms with Crippen LogP contribution < -0.4 is 5.01 Å². The summed E-state index contributed by atoms with van der Waals surface area (Å²) in [6.07, 6.45) is 6.15. The van der Waals surface area contributed by atoms with E-state index in [2.05, 4.69) is 90.7 Å². The van der Waals surface area contributed by atoms with Crippen LogP contribution in [-0.2, 0) is 12.0 Å². The number of hydrogen-bond acceptors (Lipinski definition) is 3. The Morgan fingerprint density at radius 1 is 1.00 bits per heavy atom. The molecule has 1 aliphatic rings. The van der Waals surface area contributed by atoms with Gasteiger partial charge in [0.05, 0.1) is 12.7 Å². The predicted molar refractivity (Wildman–Crippen MR) is 102 cm³/mol. The number of aromatic nitrogens is 3. The minimum Gasteiger partial charge on any atom is -0.267 e. The highest BCUT2D eigenvalue weighted by Gasteiger charge is 2.16. The molecule has 25 heavy (non-hydrogen) atoms. The van der Waals surface area contributed by atoms with Gasteiger partial charge < -0.3 is 0 Å². The average molecular weight is 330 g/mol. The molecule has 2 aromatic carbocycles. The maximum absolute atomic E-state index is 4.38. The van der Waals surface area contributed by atoms with Gasteiger partial charge in [0.1, 0.15) is 5.69 Å². The van der Waals surface area contributed by atoms with Crippen LogP contribution >= 0.6 is 0 Å². The van der Waals surface area contributed by atoms with Crippen molar-refractivity contribution >= 4 is 6.08 Å². The standard InChI is InChI=1S/C21H22N4/c1-21(2,3)19-10-6-9-17(13-19)20-15-25(23-22-20)24-12-11-16-7-4-5-8-18(16)14-24/h4-13,15H,14H2,1-3H3. The highest BCUT2D eigenvalue weighted by molar-refractivity contribution is 5.60. The van der Waals surface area contributed by atoms with Crippen molar-refractivity contribution < 1.29 is 0 Å². The van der Waals surface area contributed by atoms with Crippen LogP contribution in [0, 0.1) is 0 Å². The molecule has 0 atom stereocenters. The summed E-state index contributed by atoms with van der Waals surface area (Å²) in [6.45, 7) is 7.45. The molecule has 0 N–H and O–H groups in total. The normalized spacial score (nSPS) is 13.8. The van der Waals surface area contributed by atoms with Crippen LogP contribution in [0.4, 0.5) is 0 Å². The van der Waals surface area contributed by atoms with Gasteiger partial charge in [-0.2, -0.15) is 4.79 Å². The topological polar surface area (TPSA) is 34.0 Å². The largest absolute Gasteiger partial charge is 0.267 e. The summed E-state index contributed by atoms with van der Waals surface area (Å²) < 4.78 is 0. The van der Waals surface area contributed by atoms with E-state index in [9.17, 15) is 0 Å². The van der Waals surface area contributed by atoms with Gasteiger partial charge in [0, 0.05) is 11.8 Å². The minimum absolute atomic E-state index is 0.116. The zero-order chi connectivity index (χ0) is 17.4. The van der Waals surface area contributed by atoms with E-state index < -0.39 is 0 Å². The zero-order valence-electron chi connectivity index (χ0n) is 14.8. The van der Waals surface area contributed by atoms with Crippen LogP contribution in [-0.4, -0.2) is 15.1 Å². The summed E-state index contributed by atoms with van der Waals surface area (Å²) in [5, 5.41) is 10.8. The van der Waals surface area contributed by atoms with Crippen LogP contribution in [0.5, 0.6) is 0 Å². The maximum atomic E-state index is 4.38. The second-order valence-electron chi connectivity index (χ2n) is 7.47. The summed E-state index contributed by atoms with van der Waals surface area (Å²) >= 11 is 0. The lowest BCUT2D eigenvalue weighted by atomic mass is 9.86. The van der Waals surface area contributed by atoms with Crippen LogP contribution in [0.1, 0.15) is 37.5 Å². The van der Waals surface area contributed by atoms with Crippen molar-refractivity contribution in [2.75, 3.05) is 5.01 Å². The van der Waals surface area contributed by atoms with Gasteiger partial charge in [-0.15, -0.1) is 5.10 Å². The van der Waals surface area contributed by atoms with E-state index in [0.717, 1.165) is 17.8 Å². The lowest BCUT2D eigenvalue weighted by Gasteiger charge is -2.24. The van der Waals surface area contributed by atoms with Crippen molar-refractivity contribution in [2.45, 2.75) is 32.7 Å². The monoisotopic (exact) mass is 330 g/mol. The van der Waals surface area contributed by atoms with E-state index in [1.54, 1.807) is 0 Å². The number of nitrogens with zero attached hydrogens (tertiary/aromatic N) is 4. The fraction of sp³-hybridized carbons (Fsp3) is 0.238. The van der Waals surface area contributed by atoms with E-state index in [-0.39, 0.29) is 5.41 Å². The van der Waals surface area contributed by atoms with E-state index in [0.29, 0.717) is 0 Å². The van der Waals surface area contributed by atoms with Gasteiger partial charge in [0.15, 0.2) is 0 Å². The third-order valence-electron chi connectivity index (χ3n) is 4.58. The molecule has 0 saturated carbocycles. The fourth-order valence-corrected chi connectivity index (χ4v) is 3.03. The first-order chi connectivity index (χ1) is 12.0. The molecule has 0 aliphatic carbocycles. The Balaban J connectivity index is 1.62. The fourth-order valence-electron chi connectivity index (χ4n) is 3.03. The van der Waals surface area contributed by atoms with E-state index in [1.165, 1.54) is 16.7 Å². The van der Waals surface area contributed by atoms with Crippen molar-refractivity contribution in [1.82, 2.24) is 15.1 Å². The van der Waals surface area contributed by atoms with Crippen LogP contribution in [0.25, 0.3) is 17.3 Å². The quantitative estimate of drug-likeness (QED) is 0.700. The molecule has 0 fully saturated rings. The molecule has 126 valence electrons. The molecule has 4 nitrogen and oxygen atoms in total. The average Bonchev–Trinajstić information content (AvgIpc) is 3.11. The first kappa shape index (κ1) is 15.6. The maximum Gasteiger partial charge on any atom is 0.115 e. The zero-order valence-corrected chi connectivity index (χ0v) is 14.8. The Hall–Kier alpha value is -2.88. The Kier molecular flexibility index (Phi) is 3.68. The predicted octanol–water partition coefficient (Wildman–Crippen LogP) is 4.37.